The number of pyridine rings is 1. The van der Waals surface area contributed by atoms with Crippen molar-refractivity contribution in [3.8, 4) is 0 Å². The van der Waals surface area contributed by atoms with Gasteiger partial charge < -0.3 is 14.6 Å². The molecule has 0 unspecified atom stereocenters. The van der Waals surface area contributed by atoms with E-state index in [4.69, 9.17) is 16.3 Å². The minimum absolute atomic E-state index is 0.532. The highest BCUT2D eigenvalue weighted by atomic mass is 35.5. The fourth-order valence-corrected chi connectivity index (χ4v) is 4.13. The molecule has 0 aliphatic heterocycles. The Bertz CT molecular complexity index is 689. The lowest BCUT2D eigenvalue weighted by molar-refractivity contribution is 0.0899. The molecule has 1 aliphatic carbocycles. The van der Waals surface area contributed by atoms with E-state index < -0.39 is 8.07 Å². The molecule has 0 aromatic carbocycles. The van der Waals surface area contributed by atoms with Crippen molar-refractivity contribution in [1.82, 2.24) is 9.55 Å². The fraction of sp³-hybridized carbons (Fsp3) is 0.611. The van der Waals surface area contributed by atoms with Gasteiger partial charge in [-0.3, -0.25) is 0 Å². The molecule has 0 spiro atoms. The number of nitrogens with one attached hydrogen (secondary N) is 1. The lowest BCUT2D eigenvalue weighted by Gasteiger charge is -2.16. The fourth-order valence-electron chi connectivity index (χ4n) is 3.18. The molecular weight excluding hydrogens is 338 g/mol. The first kappa shape index (κ1) is 17.8. The molecule has 1 N–H and O–H groups in total. The summed E-state index contributed by atoms with van der Waals surface area (Å²) in [5.41, 5.74) is 1.99. The summed E-state index contributed by atoms with van der Waals surface area (Å²) in [6.45, 7) is 8.44. The number of halogens is 1. The lowest BCUT2D eigenvalue weighted by Crippen LogP contribution is -2.22. The average Bonchev–Trinajstić information content (AvgIpc) is 3.12. The summed E-state index contributed by atoms with van der Waals surface area (Å²) in [7, 11) is -1.05. The van der Waals surface area contributed by atoms with E-state index in [0.29, 0.717) is 17.9 Å². The van der Waals surface area contributed by atoms with E-state index in [1.807, 2.05) is 16.8 Å². The van der Waals surface area contributed by atoms with Gasteiger partial charge >= 0.3 is 0 Å². The van der Waals surface area contributed by atoms with Crippen LogP contribution >= 0.6 is 11.6 Å². The van der Waals surface area contributed by atoms with E-state index in [9.17, 15) is 0 Å². The van der Waals surface area contributed by atoms with Gasteiger partial charge in [0, 0.05) is 38.0 Å². The van der Waals surface area contributed by atoms with Gasteiger partial charge in [0.05, 0.1) is 0 Å². The van der Waals surface area contributed by atoms with E-state index in [1.54, 1.807) is 0 Å². The zero-order chi connectivity index (χ0) is 17.2. The molecule has 24 heavy (non-hydrogen) atoms. The summed E-state index contributed by atoms with van der Waals surface area (Å²) < 4.78 is 7.92. The minimum atomic E-state index is -1.05. The van der Waals surface area contributed by atoms with Crippen molar-refractivity contribution in [2.24, 2.45) is 0 Å². The number of hydrogen-bond donors (Lipinski definition) is 1. The first-order valence-electron chi connectivity index (χ1n) is 8.92. The summed E-state index contributed by atoms with van der Waals surface area (Å²) in [5.74, 6) is 0. The van der Waals surface area contributed by atoms with E-state index >= 15 is 0 Å². The molecule has 6 heteroatoms. The Morgan fingerprint density at radius 2 is 2.08 bits per heavy atom. The van der Waals surface area contributed by atoms with E-state index in [1.165, 1.54) is 31.7 Å². The van der Waals surface area contributed by atoms with Crippen molar-refractivity contribution in [1.29, 1.82) is 0 Å². The predicted molar refractivity (Wildman–Crippen MR) is 105 cm³/mol. The summed E-state index contributed by atoms with van der Waals surface area (Å²) in [5, 5.41) is 5.31. The molecule has 2 aromatic rings. The summed E-state index contributed by atoms with van der Waals surface area (Å²) >= 11 is 6.26. The molecule has 0 radical (unpaired) electrons. The Kier molecular flexibility index (Phi) is 5.52. The van der Waals surface area contributed by atoms with E-state index in [0.717, 1.165) is 23.3 Å². The SMILES string of the molecule is C[Si](C)(C)CCOCn1ccc2c(NC3CCCC3)cc(Cl)nc21. The number of rotatable bonds is 7. The van der Waals surface area contributed by atoms with Crippen molar-refractivity contribution in [2.45, 2.75) is 64.1 Å². The number of ether oxygens (including phenoxy) is 1. The third-order valence-electron chi connectivity index (χ3n) is 4.64. The number of anilines is 1. The maximum absolute atomic E-state index is 6.26. The van der Waals surface area contributed by atoms with Crippen molar-refractivity contribution >= 4 is 36.4 Å². The molecule has 0 atom stereocenters. The van der Waals surface area contributed by atoms with Gasteiger partial charge in [-0.25, -0.2) is 4.98 Å². The Morgan fingerprint density at radius 1 is 1.33 bits per heavy atom. The molecule has 0 saturated heterocycles. The third kappa shape index (κ3) is 4.52. The second kappa shape index (κ2) is 7.46. The van der Waals surface area contributed by atoms with Crippen LogP contribution in [0.3, 0.4) is 0 Å². The van der Waals surface area contributed by atoms with E-state index in [2.05, 4.69) is 36.0 Å². The van der Waals surface area contributed by atoms with Gasteiger partial charge in [0.25, 0.3) is 0 Å². The van der Waals surface area contributed by atoms with Crippen molar-refractivity contribution in [3.05, 3.63) is 23.5 Å². The van der Waals surface area contributed by atoms with Crippen LogP contribution in [0.25, 0.3) is 11.0 Å². The maximum atomic E-state index is 6.26. The van der Waals surface area contributed by atoms with Crippen LogP contribution < -0.4 is 5.32 Å². The number of hydrogen-bond acceptors (Lipinski definition) is 3. The van der Waals surface area contributed by atoms with Crippen LogP contribution in [0.2, 0.25) is 30.8 Å². The highest BCUT2D eigenvalue weighted by molar-refractivity contribution is 6.76. The molecule has 0 bridgehead atoms. The molecule has 4 nitrogen and oxygen atoms in total. The molecule has 2 aromatic heterocycles. The van der Waals surface area contributed by atoms with Crippen LogP contribution in [0.5, 0.6) is 0 Å². The number of aromatic nitrogens is 2. The highest BCUT2D eigenvalue weighted by Gasteiger charge is 2.17. The largest absolute Gasteiger partial charge is 0.382 e. The molecule has 1 aliphatic rings. The molecule has 1 fully saturated rings. The van der Waals surface area contributed by atoms with Crippen LogP contribution in [0.4, 0.5) is 5.69 Å². The Morgan fingerprint density at radius 3 is 2.79 bits per heavy atom. The van der Waals surface area contributed by atoms with Crippen LogP contribution in [0.1, 0.15) is 25.7 Å². The van der Waals surface area contributed by atoms with Crippen LogP contribution in [0, 0.1) is 0 Å². The van der Waals surface area contributed by atoms with Gasteiger partial charge in [0.1, 0.15) is 17.5 Å². The zero-order valence-electron chi connectivity index (χ0n) is 14.9. The molecule has 3 rings (SSSR count). The second-order valence-electron chi connectivity index (χ2n) is 7.99. The quantitative estimate of drug-likeness (QED) is 0.408. The summed E-state index contributed by atoms with van der Waals surface area (Å²) in [6.07, 6.45) is 7.14. The van der Waals surface area contributed by atoms with Gasteiger partial charge in [0.2, 0.25) is 0 Å². The van der Waals surface area contributed by atoms with Crippen LogP contribution in [-0.4, -0.2) is 30.3 Å². The Hall–Kier alpha value is -1.04. The Labute approximate surface area is 150 Å². The van der Waals surface area contributed by atoms with Crippen molar-refractivity contribution in [2.75, 3.05) is 11.9 Å². The molecule has 132 valence electrons. The molecule has 1 saturated carbocycles. The second-order valence-corrected chi connectivity index (χ2v) is 14.0. The standard InChI is InChI=1S/C18H28ClN3OSi/c1-24(2,3)11-10-23-13-22-9-8-15-16(12-17(19)21-18(15)22)20-14-6-4-5-7-14/h8-9,12,14H,4-7,10-11,13H2,1-3H3,(H,20,21). The maximum Gasteiger partial charge on any atom is 0.145 e. The van der Waals surface area contributed by atoms with Gasteiger partial charge in [-0.2, -0.15) is 0 Å². The molecular formula is C18H28ClN3OSi. The topological polar surface area (TPSA) is 39.1 Å². The van der Waals surface area contributed by atoms with Crippen LogP contribution in [0.15, 0.2) is 18.3 Å². The first-order chi connectivity index (χ1) is 11.4. The van der Waals surface area contributed by atoms with E-state index in [-0.39, 0.29) is 0 Å². The van der Waals surface area contributed by atoms with Gasteiger partial charge in [-0.05, 0) is 31.0 Å². The number of fused-ring (bicyclic) bond motifs is 1. The summed E-state index contributed by atoms with van der Waals surface area (Å²) in [4.78, 5) is 4.52. The molecule has 2 heterocycles. The monoisotopic (exact) mass is 365 g/mol. The van der Waals surface area contributed by atoms with Gasteiger partial charge in [-0.15, -0.1) is 0 Å². The van der Waals surface area contributed by atoms with Crippen LogP contribution in [-0.2, 0) is 11.5 Å². The predicted octanol–water partition coefficient (Wildman–Crippen LogP) is 5.36. The number of nitrogens with zero attached hydrogens (tertiary/aromatic N) is 2. The van der Waals surface area contributed by atoms with Crippen molar-refractivity contribution in [3.63, 3.8) is 0 Å². The zero-order valence-corrected chi connectivity index (χ0v) is 16.7. The van der Waals surface area contributed by atoms with Gasteiger partial charge in [-0.1, -0.05) is 44.1 Å². The van der Waals surface area contributed by atoms with Gasteiger partial charge in [0.15, 0.2) is 0 Å². The van der Waals surface area contributed by atoms with Crippen molar-refractivity contribution < 1.29 is 4.74 Å². The minimum Gasteiger partial charge on any atom is -0.382 e. The first-order valence-corrected chi connectivity index (χ1v) is 13.0. The molecule has 0 amide bonds. The smallest absolute Gasteiger partial charge is 0.145 e. The lowest BCUT2D eigenvalue weighted by atomic mass is 10.2. The summed E-state index contributed by atoms with van der Waals surface area (Å²) in [6, 6.07) is 5.79. The third-order valence-corrected chi connectivity index (χ3v) is 6.54. The Balaban J connectivity index is 1.72. The average molecular weight is 366 g/mol. The normalized spacial score (nSPS) is 16.2. The highest BCUT2D eigenvalue weighted by Crippen LogP contribution is 2.30.